The van der Waals surface area contributed by atoms with Crippen molar-refractivity contribution in [3.05, 3.63) is 65.4 Å². The summed E-state index contributed by atoms with van der Waals surface area (Å²) >= 11 is 1.47. The van der Waals surface area contributed by atoms with Gasteiger partial charge in [0, 0.05) is 0 Å². The Kier molecular flexibility index (Phi) is 4.61. The van der Waals surface area contributed by atoms with Crippen molar-refractivity contribution in [1.82, 2.24) is 4.98 Å². The molecule has 0 aliphatic heterocycles. The SMILES string of the molecule is O=S(=O)(Cc1coc(-c2cccs2)n1)C[C@H](O)c1ccccc1. The van der Waals surface area contributed by atoms with E-state index in [-0.39, 0.29) is 11.5 Å². The average Bonchev–Trinajstić information content (AvgIpc) is 3.18. The summed E-state index contributed by atoms with van der Waals surface area (Å²) in [5.41, 5.74) is 0.921. The molecular formula is C16H15NO4S2. The maximum Gasteiger partial charge on any atom is 0.236 e. The van der Waals surface area contributed by atoms with Crippen molar-refractivity contribution in [2.24, 2.45) is 0 Å². The Labute approximate surface area is 138 Å². The molecule has 0 bridgehead atoms. The minimum atomic E-state index is -3.51. The second-order valence-electron chi connectivity index (χ2n) is 5.10. The number of aliphatic hydroxyl groups excluding tert-OH is 1. The molecule has 1 atom stereocenters. The second-order valence-corrected chi connectivity index (χ2v) is 8.16. The predicted molar refractivity (Wildman–Crippen MR) is 88.7 cm³/mol. The molecule has 2 aromatic heterocycles. The van der Waals surface area contributed by atoms with Crippen molar-refractivity contribution in [2.75, 3.05) is 5.75 Å². The number of thiophene rings is 1. The highest BCUT2D eigenvalue weighted by Crippen LogP contribution is 2.24. The van der Waals surface area contributed by atoms with Crippen molar-refractivity contribution < 1.29 is 17.9 Å². The Morgan fingerprint density at radius 3 is 2.65 bits per heavy atom. The maximum atomic E-state index is 12.2. The fourth-order valence-corrected chi connectivity index (χ4v) is 4.21. The van der Waals surface area contributed by atoms with E-state index in [0.717, 1.165) is 4.88 Å². The Hall–Kier alpha value is -1.96. The van der Waals surface area contributed by atoms with Gasteiger partial charge in [0.2, 0.25) is 5.89 Å². The minimum Gasteiger partial charge on any atom is -0.444 e. The monoisotopic (exact) mass is 349 g/mol. The maximum absolute atomic E-state index is 12.2. The van der Waals surface area contributed by atoms with E-state index in [0.29, 0.717) is 17.1 Å². The van der Waals surface area contributed by atoms with Gasteiger partial charge in [-0.2, -0.15) is 0 Å². The Balaban J connectivity index is 1.69. The molecule has 23 heavy (non-hydrogen) atoms. The molecule has 5 nitrogen and oxygen atoms in total. The van der Waals surface area contributed by atoms with E-state index in [1.54, 1.807) is 24.3 Å². The molecule has 0 saturated carbocycles. The summed E-state index contributed by atoms with van der Waals surface area (Å²) in [6.45, 7) is 0. The summed E-state index contributed by atoms with van der Waals surface area (Å²) in [5.74, 6) is -0.196. The van der Waals surface area contributed by atoms with Gasteiger partial charge in [0.25, 0.3) is 0 Å². The molecule has 3 rings (SSSR count). The summed E-state index contributed by atoms with van der Waals surface area (Å²) in [6.07, 6.45) is 0.298. The zero-order valence-corrected chi connectivity index (χ0v) is 13.8. The molecule has 120 valence electrons. The lowest BCUT2D eigenvalue weighted by Gasteiger charge is -2.10. The molecule has 0 saturated heterocycles. The van der Waals surface area contributed by atoms with Crippen LogP contribution in [0.1, 0.15) is 17.4 Å². The molecule has 0 aliphatic carbocycles. The van der Waals surface area contributed by atoms with Crippen LogP contribution in [0.3, 0.4) is 0 Å². The molecule has 0 fully saturated rings. The second kappa shape index (κ2) is 6.66. The van der Waals surface area contributed by atoms with Crippen LogP contribution in [-0.2, 0) is 15.6 Å². The third-order valence-corrected chi connectivity index (χ3v) is 5.66. The standard InChI is InChI=1S/C16H15NO4S2/c18-14(12-5-2-1-3-6-12)11-23(19,20)10-13-9-21-16(17-13)15-7-4-8-22-15/h1-9,14,18H,10-11H2/t14-/m0/s1. The third-order valence-electron chi connectivity index (χ3n) is 3.25. The van der Waals surface area contributed by atoms with Gasteiger partial charge in [0.05, 0.1) is 28.2 Å². The predicted octanol–water partition coefficient (Wildman–Crippen LogP) is 3.05. The number of hydrogen-bond acceptors (Lipinski definition) is 6. The molecule has 0 aliphatic rings. The van der Waals surface area contributed by atoms with Crippen LogP contribution in [0.25, 0.3) is 10.8 Å². The molecule has 7 heteroatoms. The Morgan fingerprint density at radius 2 is 1.96 bits per heavy atom. The van der Waals surface area contributed by atoms with Gasteiger partial charge in [-0.15, -0.1) is 11.3 Å². The summed E-state index contributed by atoms with van der Waals surface area (Å²) in [4.78, 5) is 5.05. The van der Waals surface area contributed by atoms with Crippen molar-refractivity contribution in [3.8, 4) is 10.8 Å². The molecule has 3 aromatic rings. The van der Waals surface area contributed by atoms with E-state index < -0.39 is 15.9 Å². The van der Waals surface area contributed by atoms with Crippen LogP contribution >= 0.6 is 11.3 Å². The zero-order chi connectivity index (χ0) is 16.3. The number of oxazole rings is 1. The minimum absolute atomic E-state index is 0.258. The van der Waals surface area contributed by atoms with E-state index in [2.05, 4.69) is 4.98 Å². The van der Waals surface area contributed by atoms with E-state index in [9.17, 15) is 13.5 Å². The molecule has 0 unspecified atom stereocenters. The van der Waals surface area contributed by atoms with Crippen molar-refractivity contribution in [1.29, 1.82) is 0 Å². The first kappa shape index (κ1) is 15.9. The number of sulfone groups is 1. The molecule has 0 spiro atoms. The van der Waals surface area contributed by atoms with Crippen molar-refractivity contribution in [2.45, 2.75) is 11.9 Å². The van der Waals surface area contributed by atoms with Gasteiger partial charge in [0.1, 0.15) is 6.26 Å². The van der Waals surface area contributed by atoms with Gasteiger partial charge in [-0.05, 0) is 17.0 Å². The van der Waals surface area contributed by atoms with Crippen LogP contribution < -0.4 is 0 Å². The highest BCUT2D eigenvalue weighted by molar-refractivity contribution is 7.90. The van der Waals surface area contributed by atoms with Gasteiger partial charge in [-0.25, -0.2) is 13.4 Å². The molecule has 0 radical (unpaired) electrons. The van der Waals surface area contributed by atoms with E-state index >= 15 is 0 Å². The molecule has 1 N–H and O–H groups in total. The number of benzene rings is 1. The summed E-state index contributed by atoms with van der Waals surface area (Å²) in [7, 11) is -3.51. The summed E-state index contributed by atoms with van der Waals surface area (Å²) < 4.78 is 29.8. The number of rotatable bonds is 6. The van der Waals surface area contributed by atoms with Crippen LogP contribution in [0, 0.1) is 0 Å². The Morgan fingerprint density at radius 1 is 1.17 bits per heavy atom. The van der Waals surface area contributed by atoms with Gasteiger partial charge < -0.3 is 9.52 Å². The van der Waals surface area contributed by atoms with Crippen molar-refractivity contribution >= 4 is 21.2 Å². The smallest absolute Gasteiger partial charge is 0.236 e. The largest absolute Gasteiger partial charge is 0.444 e. The highest BCUT2D eigenvalue weighted by atomic mass is 32.2. The van der Waals surface area contributed by atoms with Crippen LogP contribution in [-0.4, -0.2) is 24.3 Å². The van der Waals surface area contributed by atoms with Crippen LogP contribution in [0.15, 0.2) is 58.5 Å². The molecular weight excluding hydrogens is 334 g/mol. The first-order valence-corrected chi connectivity index (χ1v) is 9.65. The van der Waals surface area contributed by atoms with Gasteiger partial charge >= 0.3 is 0 Å². The number of nitrogens with zero attached hydrogens (tertiary/aromatic N) is 1. The molecule has 2 heterocycles. The average molecular weight is 349 g/mol. The quantitative estimate of drug-likeness (QED) is 0.740. The normalized spacial score (nSPS) is 13.1. The van der Waals surface area contributed by atoms with Crippen molar-refractivity contribution in [3.63, 3.8) is 0 Å². The van der Waals surface area contributed by atoms with Crippen LogP contribution in [0.5, 0.6) is 0 Å². The van der Waals surface area contributed by atoms with E-state index in [4.69, 9.17) is 4.42 Å². The number of aliphatic hydroxyl groups is 1. The highest BCUT2D eigenvalue weighted by Gasteiger charge is 2.21. The van der Waals surface area contributed by atoms with Crippen LogP contribution in [0.4, 0.5) is 0 Å². The number of hydrogen-bond donors (Lipinski definition) is 1. The topological polar surface area (TPSA) is 80.4 Å². The fourth-order valence-electron chi connectivity index (χ4n) is 2.18. The first-order chi connectivity index (χ1) is 11.0. The zero-order valence-electron chi connectivity index (χ0n) is 12.1. The van der Waals surface area contributed by atoms with E-state index in [1.165, 1.54) is 17.6 Å². The van der Waals surface area contributed by atoms with Gasteiger partial charge in [-0.3, -0.25) is 0 Å². The third kappa shape index (κ3) is 4.07. The Bertz CT molecular complexity index is 855. The summed E-state index contributed by atoms with van der Waals surface area (Å²) in [6, 6.07) is 12.5. The fraction of sp³-hybridized carbons (Fsp3) is 0.188. The van der Waals surface area contributed by atoms with Crippen LogP contribution in [0.2, 0.25) is 0 Å². The number of aromatic nitrogens is 1. The van der Waals surface area contributed by atoms with Gasteiger partial charge in [-0.1, -0.05) is 36.4 Å². The van der Waals surface area contributed by atoms with Gasteiger partial charge in [0.15, 0.2) is 9.84 Å². The lowest BCUT2D eigenvalue weighted by atomic mass is 10.1. The summed E-state index contributed by atoms with van der Waals surface area (Å²) in [5, 5.41) is 12.0. The molecule has 1 aromatic carbocycles. The lowest BCUT2D eigenvalue weighted by molar-refractivity contribution is 0.201. The van der Waals surface area contributed by atoms with E-state index in [1.807, 2.05) is 23.6 Å². The first-order valence-electron chi connectivity index (χ1n) is 6.95. The lowest BCUT2D eigenvalue weighted by Crippen LogP contribution is -2.16. The molecule has 0 amide bonds.